The summed E-state index contributed by atoms with van der Waals surface area (Å²) in [6.07, 6.45) is 6.96. The molecule has 174 valence electrons. The second-order valence-electron chi connectivity index (χ2n) is 7.39. The van der Waals surface area contributed by atoms with Crippen LogP contribution in [-0.2, 0) is 4.74 Å². The molecule has 3 aromatic heterocycles. The average Bonchev–Trinajstić information content (AvgIpc) is 3.31. The Bertz CT molecular complexity index is 1240. The third kappa shape index (κ3) is 5.38. The Balaban J connectivity index is 1.27. The van der Waals surface area contributed by atoms with Crippen molar-refractivity contribution in [3.63, 3.8) is 0 Å². The van der Waals surface area contributed by atoms with E-state index in [1.807, 2.05) is 47.5 Å². The molecule has 0 spiro atoms. The number of hydrazone groups is 1. The van der Waals surface area contributed by atoms with Gasteiger partial charge in [-0.1, -0.05) is 18.2 Å². The van der Waals surface area contributed by atoms with Crippen LogP contribution < -0.4 is 19.8 Å². The van der Waals surface area contributed by atoms with Gasteiger partial charge >= 0.3 is 6.01 Å². The molecule has 1 aliphatic rings. The van der Waals surface area contributed by atoms with E-state index in [4.69, 9.17) is 14.2 Å². The zero-order valence-corrected chi connectivity index (χ0v) is 18.4. The zero-order valence-electron chi connectivity index (χ0n) is 18.4. The molecule has 11 nitrogen and oxygen atoms in total. The van der Waals surface area contributed by atoms with Crippen molar-refractivity contribution in [3.05, 3.63) is 60.6 Å². The number of aromatic amines is 1. The number of ether oxygens (including phenoxy) is 3. The molecule has 0 bridgehead atoms. The number of anilines is 2. The summed E-state index contributed by atoms with van der Waals surface area (Å²) < 4.78 is 16.8. The third-order valence-electron chi connectivity index (χ3n) is 5.10. The quantitative estimate of drug-likeness (QED) is 0.220. The Morgan fingerprint density at radius 2 is 1.94 bits per heavy atom. The number of pyridine rings is 1. The van der Waals surface area contributed by atoms with Crippen LogP contribution in [0.2, 0.25) is 0 Å². The summed E-state index contributed by atoms with van der Waals surface area (Å²) in [4.78, 5) is 22.6. The van der Waals surface area contributed by atoms with Crippen LogP contribution in [0.1, 0.15) is 5.56 Å². The van der Waals surface area contributed by atoms with Gasteiger partial charge in [-0.05, 0) is 18.2 Å². The molecule has 11 heteroatoms. The van der Waals surface area contributed by atoms with Gasteiger partial charge in [-0.2, -0.15) is 20.1 Å². The topological polar surface area (TPSA) is 123 Å². The van der Waals surface area contributed by atoms with E-state index in [9.17, 15) is 0 Å². The molecule has 1 saturated heterocycles. The maximum Gasteiger partial charge on any atom is 0.323 e. The summed E-state index contributed by atoms with van der Waals surface area (Å²) in [5.74, 6) is 1.46. The summed E-state index contributed by atoms with van der Waals surface area (Å²) >= 11 is 0. The highest BCUT2D eigenvalue weighted by molar-refractivity contribution is 5.99. The monoisotopic (exact) mass is 460 g/mol. The van der Waals surface area contributed by atoms with Crippen LogP contribution >= 0.6 is 0 Å². The van der Waals surface area contributed by atoms with E-state index in [-0.39, 0.29) is 18.6 Å². The van der Waals surface area contributed by atoms with Crippen molar-refractivity contribution in [2.75, 3.05) is 49.8 Å². The SMILES string of the molecule is C(=N\Nc1nc(OCCOc2cccnc2)nc(N2CCOCC2)n1)/c1c[nH]c2ccccc12. The molecule has 2 N–H and O–H groups in total. The number of nitrogens with zero attached hydrogens (tertiary/aromatic N) is 6. The lowest BCUT2D eigenvalue weighted by atomic mass is 10.2. The molecule has 0 aliphatic carbocycles. The highest BCUT2D eigenvalue weighted by atomic mass is 16.5. The second-order valence-corrected chi connectivity index (χ2v) is 7.39. The number of aromatic nitrogens is 5. The van der Waals surface area contributed by atoms with Crippen molar-refractivity contribution in [1.82, 2.24) is 24.9 Å². The van der Waals surface area contributed by atoms with Crippen LogP contribution in [0.3, 0.4) is 0 Å². The van der Waals surface area contributed by atoms with Crippen molar-refractivity contribution < 1.29 is 14.2 Å². The number of nitrogens with one attached hydrogen (secondary N) is 2. The molecule has 0 unspecified atom stereocenters. The Morgan fingerprint density at radius 1 is 1.06 bits per heavy atom. The lowest BCUT2D eigenvalue weighted by Crippen LogP contribution is -2.37. The van der Waals surface area contributed by atoms with Gasteiger partial charge in [0.05, 0.1) is 25.6 Å². The van der Waals surface area contributed by atoms with Gasteiger partial charge in [0.2, 0.25) is 5.95 Å². The Morgan fingerprint density at radius 3 is 2.82 bits per heavy atom. The minimum absolute atomic E-state index is 0.191. The van der Waals surface area contributed by atoms with Crippen molar-refractivity contribution in [2.24, 2.45) is 5.10 Å². The van der Waals surface area contributed by atoms with Gasteiger partial charge in [0.25, 0.3) is 5.95 Å². The Hall–Kier alpha value is -4.25. The Labute approximate surface area is 195 Å². The summed E-state index contributed by atoms with van der Waals surface area (Å²) in [6, 6.07) is 11.9. The van der Waals surface area contributed by atoms with E-state index in [0.29, 0.717) is 44.6 Å². The van der Waals surface area contributed by atoms with E-state index in [1.54, 1.807) is 18.6 Å². The smallest absolute Gasteiger partial charge is 0.323 e. The zero-order chi connectivity index (χ0) is 23.0. The first-order valence-electron chi connectivity index (χ1n) is 10.9. The molecule has 4 aromatic rings. The molecule has 1 fully saturated rings. The molecule has 1 aliphatic heterocycles. The first-order chi connectivity index (χ1) is 16.8. The second kappa shape index (κ2) is 10.6. The summed E-state index contributed by atoms with van der Waals surface area (Å²) in [6.45, 7) is 3.19. The van der Waals surface area contributed by atoms with E-state index in [0.717, 1.165) is 16.5 Å². The van der Waals surface area contributed by atoms with Crippen LogP contribution in [0.25, 0.3) is 10.9 Å². The largest absolute Gasteiger partial charge is 0.488 e. The number of H-pyrrole nitrogens is 1. The normalized spacial score (nSPS) is 13.9. The molecule has 0 saturated carbocycles. The fraction of sp³-hybridized carbons (Fsp3) is 0.261. The van der Waals surface area contributed by atoms with Crippen molar-refractivity contribution in [2.45, 2.75) is 0 Å². The van der Waals surface area contributed by atoms with Gasteiger partial charge in [-0.15, -0.1) is 0 Å². The van der Waals surface area contributed by atoms with Crippen molar-refractivity contribution in [1.29, 1.82) is 0 Å². The first-order valence-corrected chi connectivity index (χ1v) is 10.9. The average molecular weight is 460 g/mol. The molecular weight excluding hydrogens is 436 g/mol. The lowest BCUT2D eigenvalue weighted by Gasteiger charge is -2.26. The van der Waals surface area contributed by atoms with Crippen LogP contribution in [0.5, 0.6) is 11.8 Å². The summed E-state index contributed by atoms with van der Waals surface area (Å²) in [7, 11) is 0. The predicted octanol–water partition coefficient (Wildman–Crippen LogP) is 2.49. The molecule has 0 atom stereocenters. The fourth-order valence-corrected chi connectivity index (χ4v) is 3.45. The molecule has 0 radical (unpaired) electrons. The number of fused-ring (bicyclic) bond motifs is 1. The van der Waals surface area contributed by atoms with Crippen molar-refractivity contribution >= 4 is 29.0 Å². The van der Waals surface area contributed by atoms with Gasteiger partial charge in [0.1, 0.15) is 19.0 Å². The van der Waals surface area contributed by atoms with E-state index >= 15 is 0 Å². The van der Waals surface area contributed by atoms with Gasteiger partial charge < -0.3 is 24.1 Å². The highest BCUT2D eigenvalue weighted by Gasteiger charge is 2.17. The van der Waals surface area contributed by atoms with Crippen LogP contribution in [0, 0.1) is 0 Å². The number of rotatable bonds is 9. The van der Waals surface area contributed by atoms with Crippen molar-refractivity contribution in [3.8, 4) is 11.8 Å². The number of morpholine rings is 1. The van der Waals surface area contributed by atoms with Crippen LogP contribution in [-0.4, -0.2) is 70.7 Å². The van der Waals surface area contributed by atoms with Gasteiger partial charge in [0.15, 0.2) is 0 Å². The molecule has 1 aromatic carbocycles. The highest BCUT2D eigenvalue weighted by Crippen LogP contribution is 2.18. The minimum atomic E-state index is 0.191. The lowest BCUT2D eigenvalue weighted by molar-refractivity contribution is 0.122. The van der Waals surface area contributed by atoms with E-state index < -0.39 is 0 Å². The van der Waals surface area contributed by atoms with Gasteiger partial charge in [-0.25, -0.2) is 5.43 Å². The van der Waals surface area contributed by atoms with E-state index in [2.05, 4.69) is 35.4 Å². The first kappa shape index (κ1) is 21.6. The number of hydrogen-bond acceptors (Lipinski definition) is 10. The number of hydrogen-bond donors (Lipinski definition) is 2. The van der Waals surface area contributed by atoms with Gasteiger partial charge in [0, 0.05) is 41.9 Å². The summed E-state index contributed by atoms with van der Waals surface area (Å²) in [5.41, 5.74) is 4.90. The molecule has 5 rings (SSSR count). The third-order valence-corrected chi connectivity index (χ3v) is 5.10. The standard InChI is InChI=1S/C23H24N8O3/c1-2-6-20-19(5-1)17(14-25-20)15-26-30-21-27-22(31-8-10-32-11-9-31)29-23(28-21)34-13-12-33-18-4-3-7-24-16-18/h1-7,14-16,25H,8-13H2,(H,27,28,29,30)/b26-15+. The molecule has 4 heterocycles. The van der Waals surface area contributed by atoms with Crippen LogP contribution in [0.4, 0.5) is 11.9 Å². The molecule has 34 heavy (non-hydrogen) atoms. The Kier molecular flexibility index (Phi) is 6.72. The maximum absolute atomic E-state index is 5.75. The van der Waals surface area contributed by atoms with E-state index in [1.165, 1.54) is 0 Å². The molecule has 0 amide bonds. The molecular formula is C23H24N8O3. The number of para-hydroxylation sites is 1. The maximum atomic E-state index is 5.75. The minimum Gasteiger partial charge on any atom is -0.488 e. The predicted molar refractivity (Wildman–Crippen MR) is 128 cm³/mol. The van der Waals surface area contributed by atoms with Gasteiger partial charge in [-0.3, -0.25) is 4.98 Å². The van der Waals surface area contributed by atoms with Crippen LogP contribution in [0.15, 0.2) is 60.1 Å². The fourth-order valence-electron chi connectivity index (χ4n) is 3.45. The number of benzene rings is 1. The summed E-state index contributed by atoms with van der Waals surface area (Å²) in [5, 5.41) is 5.40.